The summed E-state index contributed by atoms with van der Waals surface area (Å²) in [6, 6.07) is 0.516. The highest BCUT2D eigenvalue weighted by Gasteiger charge is 2.22. The van der Waals surface area contributed by atoms with Crippen LogP contribution in [0.3, 0.4) is 0 Å². The van der Waals surface area contributed by atoms with Crippen molar-refractivity contribution in [3.63, 3.8) is 0 Å². The molecule has 0 radical (unpaired) electrons. The molecule has 0 aromatic carbocycles. The molecule has 102 valence electrons. The maximum absolute atomic E-state index is 9.82. The number of ether oxygens (including phenoxy) is 1. The number of hydrogen-bond acceptors (Lipinski definition) is 3. The molecule has 3 heteroatoms. The van der Waals surface area contributed by atoms with Crippen LogP contribution in [0.15, 0.2) is 0 Å². The quantitative estimate of drug-likeness (QED) is 0.752. The van der Waals surface area contributed by atoms with Crippen molar-refractivity contribution < 1.29 is 9.84 Å². The molecule has 3 nitrogen and oxygen atoms in total. The second-order valence-corrected chi connectivity index (χ2v) is 6.32. The van der Waals surface area contributed by atoms with Crippen molar-refractivity contribution in [2.24, 2.45) is 5.92 Å². The fraction of sp³-hybridized carbons (Fsp3) is 1.00. The van der Waals surface area contributed by atoms with Crippen molar-refractivity contribution in [3.8, 4) is 0 Å². The van der Waals surface area contributed by atoms with Crippen molar-refractivity contribution in [1.82, 2.24) is 5.32 Å². The molecule has 17 heavy (non-hydrogen) atoms. The van der Waals surface area contributed by atoms with Crippen LogP contribution in [-0.4, -0.2) is 36.0 Å². The van der Waals surface area contributed by atoms with Gasteiger partial charge in [-0.2, -0.15) is 0 Å². The lowest BCUT2D eigenvalue weighted by Gasteiger charge is -2.25. The molecular formula is C14H29NO2. The third-order valence-electron chi connectivity index (χ3n) is 3.49. The molecule has 0 amide bonds. The minimum absolute atomic E-state index is 0.169. The molecule has 1 saturated carbocycles. The van der Waals surface area contributed by atoms with Gasteiger partial charge in [0.2, 0.25) is 0 Å². The van der Waals surface area contributed by atoms with E-state index in [1.807, 2.05) is 20.8 Å². The minimum atomic E-state index is -0.405. The Morgan fingerprint density at radius 3 is 2.41 bits per heavy atom. The van der Waals surface area contributed by atoms with Crippen LogP contribution in [0.25, 0.3) is 0 Å². The molecule has 0 aliphatic heterocycles. The van der Waals surface area contributed by atoms with Crippen LogP contribution in [0.2, 0.25) is 0 Å². The Bertz CT molecular complexity index is 207. The first kappa shape index (κ1) is 14.9. The molecule has 1 unspecified atom stereocenters. The predicted molar refractivity (Wildman–Crippen MR) is 71.1 cm³/mol. The first-order valence-electron chi connectivity index (χ1n) is 6.94. The summed E-state index contributed by atoms with van der Waals surface area (Å²) in [6.45, 7) is 9.30. The molecule has 0 bridgehead atoms. The van der Waals surface area contributed by atoms with Gasteiger partial charge in [0, 0.05) is 12.6 Å². The number of nitrogens with one attached hydrogen (secondary N) is 1. The van der Waals surface area contributed by atoms with Gasteiger partial charge in [0.05, 0.1) is 18.3 Å². The van der Waals surface area contributed by atoms with E-state index >= 15 is 0 Å². The first-order valence-corrected chi connectivity index (χ1v) is 6.94. The van der Waals surface area contributed by atoms with Gasteiger partial charge in [-0.1, -0.05) is 12.8 Å². The fourth-order valence-electron chi connectivity index (χ4n) is 2.35. The van der Waals surface area contributed by atoms with Crippen LogP contribution in [0.4, 0.5) is 0 Å². The van der Waals surface area contributed by atoms with E-state index in [1.54, 1.807) is 0 Å². The normalized spacial score (nSPS) is 21.7. The van der Waals surface area contributed by atoms with E-state index in [9.17, 15) is 5.11 Å². The van der Waals surface area contributed by atoms with Crippen LogP contribution in [0.1, 0.15) is 53.4 Å². The van der Waals surface area contributed by atoms with E-state index in [0.717, 1.165) is 5.92 Å². The molecule has 1 fully saturated rings. The lowest BCUT2D eigenvalue weighted by atomic mass is 10.00. The molecule has 0 spiro atoms. The van der Waals surface area contributed by atoms with Gasteiger partial charge in [-0.05, 0) is 46.5 Å². The Labute approximate surface area is 106 Å². The molecule has 0 saturated heterocycles. The molecule has 0 aromatic rings. The Hall–Kier alpha value is -0.120. The highest BCUT2D eigenvalue weighted by molar-refractivity contribution is 4.78. The summed E-state index contributed by atoms with van der Waals surface area (Å²) < 4.78 is 5.56. The Morgan fingerprint density at radius 1 is 1.29 bits per heavy atom. The lowest BCUT2D eigenvalue weighted by molar-refractivity contribution is -0.0485. The lowest BCUT2D eigenvalue weighted by Crippen LogP contribution is -2.40. The zero-order valence-corrected chi connectivity index (χ0v) is 11.8. The standard InChI is InChI=1S/C14H29NO2/c1-11(12-7-5-6-8-12)15-9-13(16)10-17-14(2,3)4/h11-13,15-16H,5-10H2,1-4H3/t11-,13?/m1/s1. The summed E-state index contributed by atoms with van der Waals surface area (Å²) >= 11 is 0. The number of hydrogen-bond donors (Lipinski definition) is 2. The summed E-state index contributed by atoms with van der Waals surface area (Å²) in [5.41, 5.74) is -0.169. The van der Waals surface area contributed by atoms with Crippen molar-refractivity contribution in [1.29, 1.82) is 0 Å². The van der Waals surface area contributed by atoms with Crippen molar-refractivity contribution in [3.05, 3.63) is 0 Å². The molecular weight excluding hydrogens is 214 g/mol. The van der Waals surface area contributed by atoms with Gasteiger partial charge in [-0.25, -0.2) is 0 Å². The van der Waals surface area contributed by atoms with Crippen molar-refractivity contribution in [2.45, 2.75) is 71.1 Å². The Morgan fingerprint density at radius 2 is 1.88 bits per heavy atom. The molecule has 0 heterocycles. The predicted octanol–water partition coefficient (Wildman–Crippen LogP) is 2.33. The maximum atomic E-state index is 9.82. The Balaban J connectivity index is 2.12. The van der Waals surface area contributed by atoms with Crippen LogP contribution in [0, 0.1) is 5.92 Å². The largest absolute Gasteiger partial charge is 0.389 e. The molecule has 0 aromatic heterocycles. The zero-order valence-electron chi connectivity index (χ0n) is 11.8. The van der Waals surface area contributed by atoms with Gasteiger partial charge in [-0.15, -0.1) is 0 Å². The average molecular weight is 243 g/mol. The van der Waals surface area contributed by atoms with Gasteiger partial charge in [-0.3, -0.25) is 0 Å². The Kier molecular flexibility index (Phi) is 5.90. The second-order valence-electron chi connectivity index (χ2n) is 6.32. The summed E-state index contributed by atoms with van der Waals surface area (Å²) in [4.78, 5) is 0. The van der Waals surface area contributed by atoms with Crippen molar-refractivity contribution in [2.75, 3.05) is 13.2 Å². The van der Waals surface area contributed by atoms with Gasteiger partial charge in [0.15, 0.2) is 0 Å². The van der Waals surface area contributed by atoms with E-state index in [2.05, 4.69) is 12.2 Å². The minimum Gasteiger partial charge on any atom is -0.389 e. The monoisotopic (exact) mass is 243 g/mol. The van der Waals surface area contributed by atoms with Crippen LogP contribution >= 0.6 is 0 Å². The molecule has 2 atom stereocenters. The first-order chi connectivity index (χ1) is 7.88. The smallest absolute Gasteiger partial charge is 0.0898 e. The van der Waals surface area contributed by atoms with Gasteiger partial charge in [0.1, 0.15) is 0 Å². The summed E-state index contributed by atoms with van der Waals surface area (Å²) in [7, 11) is 0. The molecule has 1 rings (SSSR count). The summed E-state index contributed by atoms with van der Waals surface area (Å²) in [5.74, 6) is 0.797. The third kappa shape index (κ3) is 6.39. The molecule has 1 aliphatic carbocycles. The maximum Gasteiger partial charge on any atom is 0.0898 e. The fourth-order valence-corrected chi connectivity index (χ4v) is 2.35. The topological polar surface area (TPSA) is 41.5 Å². The SMILES string of the molecule is C[C@@H](NCC(O)COC(C)(C)C)C1CCCC1. The zero-order chi connectivity index (χ0) is 12.9. The van der Waals surface area contributed by atoms with Gasteiger partial charge in [0.25, 0.3) is 0 Å². The number of aliphatic hydroxyl groups is 1. The van der Waals surface area contributed by atoms with E-state index in [1.165, 1.54) is 25.7 Å². The van der Waals surface area contributed by atoms with Gasteiger partial charge >= 0.3 is 0 Å². The highest BCUT2D eigenvalue weighted by atomic mass is 16.5. The third-order valence-corrected chi connectivity index (χ3v) is 3.49. The molecule has 2 N–H and O–H groups in total. The van der Waals surface area contributed by atoms with Gasteiger partial charge < -0.3 is 15.2 Å². The van der Waals surface area contributed by atoms with Crippen LogP contribution in [0.5, 0.6) is 0 Å². The number of rotatable bonds is 6. The van der Waals surface area contributed by atoms with E-state index in [4.69, 9.17) is 4.74 Å². The van der Waals surface area contributed by atoms with Crippen molar-refractivity contribution >= 4 is 0 Å². The van der Waals surface area contributed by atoms with E-state index in [0.29, 0.717) is 19.2 Å². The summed E-state index contributed by atoms with van der Waals surface area (Å²) in [5, 5.41) is 13.2. The highest BCUT2D eigenvalue weighted by Crippen LogP contribution is 2.27. The second kappa shape index (κ2) is 6.72. The van der Waals surface area contributed by atoms with E-state index < -0.39 is 6.10 Å². The van der Waals surface area contributed by atoms with E-state index in [-0.39, 0.29) is 5.60 Å². The average Bonchev–Trinajstić information content (AvgIpc) is 2.75. The van der Waals surface area contributed by atoms with Crippen LogP contribution in [-0.2, 0) is 4.74 Å². The summed E-state index contributed by atoms with van der Waals surface area (Å²) in [6.07, 6.45) is 5.00. The van der Waals surface area contributed by atoms with Crippen LogP contribution < -0.4 is 5.32 Å². The number of aliphatic hydroxyl groups excluding tert-OH is 1. The molecule has 1 aliphatic rings.